The highest BCUT2D eigenvalue weighted by Gasteiger charge is 2.41. The summed E-state index contributed by atoms with van der Waals surface area (Å²) < 4.78 is 42.5. The van der Waals surface area contributed by atoms with Crippen molar-refractivity contribution in [3.05, 3.63) is 89.3 Å². The van der Waals surface area contributed by atoms with Gasteiger partial charge >= 0.3 is 0 Å². The molecule has 0 fully saturated rings. The number of nitrogens with zero attached hydrogens (tertiary/aromatic N) is 6. The van der Waals surface area contributed by atoms with Crippen LogP contribution in [0.5, 0.6) is 11.6 Å². The molecule has 0 aliphatic rings. The van der Waals surface area contributed by atoms with E-state index in [1.165, 1.54) is 68.9 Å². The smallest absolute Gasteiger partial charge is 0.263 e. The Hall–Kier alpha value is -4.91. The number of aryl methyl sites for hydroxylation is 2. The summed E-state index contributed by atoms with van der Waals surface area (Å²) in [5, 5.41) is 19.2. The summed E-state index contributed by atoms with van der Waals surface area (Å²) in [5.41, 5.74) is -1.30. The quantitative estimate of drug-likeness (QED) is 0.249. The van der Waals surface area contributed by atoms with Gasteiger partial charge in [-0.1, -0.05) is 30.3 Å². The number of carbonyl (C=O) groups excluding carboxylic acids is 1. The zero-order valence-electron chi connectivity index (χ0n) is 23.4. The molecule has 2 atom stereocenters. The lowest BCUT2D eigenvalue weighted by molar-refractivity contribution is 0.0855. The van der Waals surface area contributed by atoms with Crippen molar-refractivity contribution in [2.45, 2.75) is 45.8 Å². The molecule has 1 amide bonds. The van der Waals surface area contributed by atoms with E-state index >= 15 is 4.39 Å². The van der Waals surface area contributed by atoms with Gasteiger partial charge in [0.05, 0.1) is 12.6 Å². The number of hydrogen-bond acceptors (Lipinski definition) is 8. The van der Waals surface area contributed by atoms with Crippen LogP contribution in [0, 0.1) is 5.82 Å². The Morgan fingerprint density at radius 1 is 1.12 bits per heavy atom. The fraction of sp³-hybridized carbons (Fsp3) is 0.276. The largest absolute Gasteiger partial charge is 0.480 e. The van der Waals surface area contributed by atoms with Gasteiger partial charge in [0, 0.05) is 25.6 Å². The molecule has 11 nitrogen and oxygen atoms in total. The van der Waals surface area contributed by atoms with Gasteiger partial charge in [-0.15, -0.1) is 5.10 Å². The van der Waals surface area contributed by atoms with Gasteiger partial charge in [-0.3, -0.25) is 14.8 Å². The Bertz CT molecular complexity index is 1740. The van der Waals surface area contributed by atoms with Crippen LogP contribution in [0.3, 0.4) is 0 Å². The second kappa shape index (κ2) is 11.5. The normalized spacial score (nSPS) is 13.5. The molecule has 2 unspecified atom stereocenters. The number of hydrogen-bond donors (Lipinski definition) is 2. The molecule has 2 N–H and O–H groups in total. The third-order valence-electron chi connectivity index (χ3n) is 6.70. The van der Waals surface area contributed by atoms with Crippen molar-refractivity contribution >= 4 is 23.0 Å². The highest BCUT2D eigenvalue weighted by molar-refractivity contribution is 6.06. The van der Waals surface area contributed by atoms with Crippen molar-refractivity contribution in [3.63, 3.8) is 0 Å². The van der Waals surface area contributed by atoms with Crippen LogP contribution in [0.15, 0.2) is 60.9 Å². The number of pyridine rings is 1. The highest BCUT2D eigenvalue weighted by atomic mass is 19.1. The molecule has 0 spiro atoms. The van der Waals surface area contributed by atoms with Crippen LogP contribution < -0.4 is 14.8 Å². The third-order valence-corrected chi connectivity index (χ3v) is 6.70. The summed E-state index contributed by atoms with van der Waals surface area (Å²) in [6.45, 7) is 5.81. The number of ether oxygens (including phenoxy) is 2. The molecule has 5 aromatic rings. The number of aromatic nitrogens is 6. The first kappa shape index (κ1) is 28.6. The second-order valence-corrected chi connectivity index (χ2v) is 9.32. The molecule has 0 bridgehead atoms. The van der Waals surface area contributed by atoms with Crippen LogP contribution in [-0.2, 0) is 18.7 Å². The fourth-order valence-corrected chi connectivity index (χ4v) is 4.74. The average Bonchev–Trinajstić information content (AvgIpc) is 3.60. The van der Waals surface area contributed by atoms with Crippen LogP contribution in [-0.4, -0.2) is 53.8 Å². The summed E-state index contributed by atoms with van der Waals surface area (Å²) in [5.74, 6) is -0.864. The molecule has 5 rings (SSSR count). The lowest BCUT2D eigenvalue weighted by Gasteiger charge is -2.30. The Morgan fingerprint density at radius 3 is 2.48 bits per heavy atom. The molecular weight excluding hydrogens is 548 g/mol. The number of alkyl halides is 1. The standard InChI is InChI=1S/C29H29F2N7O4/c1-5-37-16-32-28(36-37)35-25(39)20-15-23-24(33-26(20)41-4)34-27(38(23)6-2)29(40,21-9-7-8-10-22(21)31)18-11-13-19(14-12-18)42-17(3)30/h7-17,40H,5-6H2,1-4H3,(H,35,36,39). The van der Waals surface area contributed by atoms with Gasteiger partial charge < -0.3 is 19.1 Å². The molecule has 3 aromatic heterocycles. The number of methoxy groups -OCH3 is 1. The van der Waals surface area contributed by atoms with Crippen LogP contribution in [0.1, 0.15) is 48.1 Å². The van der Waals surface area contributed by atoms with E-state index in [9.17, 15) is 14.3 Å². The van der Waals surface area contributed by atoms with Crippen molar-refractivity contribution in [1.82, 2.24) is 29.3 Å². The zero-order chi connectivity index (χ0) is 30.0. The zero-order valence-corrected chi connectivity index (χ0v) is 23.4. The summed E-state index contributed by atoms with van der Waals surface area (Å²) >= 11 is 0. The first-order chi connectivity index (χ1) is 20.2. The summed E-state index contributed by atoms with van der Waals surface area (Å²) in [4.78, 5) is 26.4. The van der Waals surface area contributed by atoms with E-state index in [0.717, 1.165) is 0 Å². The maximum absolute atomic E-state index is 15.3. The maximum atomic E-state index is 15.3. The molecule has 0 aliphatic carbocycles. The maximum Gasteiger partial charge on any atom is 0.263 e. The van der Waals surface area contributed by atoms with Gasteiger partial charge in [0.2, 0.25) is 18.2 Å². The number of nitrogens with one attached hydrogen (secondary N) is 1. The van der Waals surface area contributed by atoms with E-state index < -0.39 is 23.7 Å². The molecular formula is C29H29F2N7O4. The Labute approximate surface area is 239 Å². The lowest BCUT2D eigenvalue weighted by Crippen LogP contribution is -2.33. The number of fused-ring (bicyclic) bond motifs is 1. The minimum atomic E-state index is -2.12. The van der Waals surface area contributed by atoms with Crippen LogP contribution in [0.4, 0.5) is 14.7 Å². The molecule has 0 saturated heterocycles. The minimum absolute atomic E-state index is 0.0153. The fourth-order valence-electron chi connectivity index (χ4n) is 4.74. The number of aliphatic hydroxyl groups is 1. The van der Waals surface area contributed by atoms with Crippen molar-refractivity contribution < 1.29 is 28.2 Å². The highest BCUT2D eigenvalue weighted by Crippen LogP contribution is 2.40. The first-order valence-electron chi connectivity index (χ1n) is 13.2. The first-order valence-corrected chi connectivity index (χ1v) is 13.2. The molecule has 2 aromatic carbocycles. The Balaban J connectivity index is 1.68. The van der Waals surface area contributed by atoms with Crippen molar-refractivity contribution in [3.8, 4) is 11.6 Å². The SMILES string of the molecule is CCn1cnc(NC(=O)c2cc3c(nc2OC)nc(C(O)(c2ccc(OC(C)F)cc2)c2ccccc2F)n3CC)n1. The molecule has 0 saturated carbocycles. The number of rotatable bonds is 10. The van der Waals surface area contributed by atoms with Crippen LogP contribution >= 0.6 is 0 Å². The number of imidazole rings is 1. The van der Waals surface area contributed by atoms with E-state index in [1.807, 2.05) is 13.8 Å². The van der Waals surface area contributed by atoms with Gasteiger partial charge in [-0.2, -0.15) is 4.98 Å². The Kier molecular flexibility index (Phi) is 7.85. The molecule has 218 valence electrons. The predicted octanol–water partition coefficient (Wildman–Crippen LogP) is 4.44. The number of anilines is 1. The molecule has 3 heterocycles. The van der Waals surface area contributed by atoms with Crippen molar-refractivity contribution in [1.29, 1.82) is 0 Å². The predicted molar refractivity (Wildman–Crippen MR) is 150 cm³/mol. The molecule has 13 heteroatoms. The van der Waals surface area contributed by atoms with Gasteiger partial charge in [0.15, 0.2) is 17.1 Å². The van der Waals surface area contributed by atoms with Gasteiger partial charge in [-0.25, -0.2) is 18.7 Å². The van der Waals surface area contributed by atoms with Crippen molar-refractivity contribution in [2.75, 3.05) is 12.4 Å². The second-order valence-electron chi connectivity index (χ2n) is 9.32. The van der Waals surface area contributed by atoms with Gasteiger partial charge in [0.25, 0.3) is 5.91 Å². The monoisotopic (exact) mass is 577 g/mol. The van der Waals surface area contributed by atoms with E-state index in [4.69, 9.17) is 9.47 Å². The van der Waals surface area contributed by atoms with E-state index in [0.29, 0.717) is 12.1 Å². The summed E-state index contributed by atoms with van der Waals surface area (Å²) in [6, 6.07) is 13.3. The van der Waals surface area contributed by atoms with Crippen LogP contribution in [0.25, 0.3) is 11.2 Å². The van der Waals surface area contributed by atoms with E-state index in [2.05, 4.69) is 25.4 Å². The van der Waals surface area contributed by atoms with E-state index in [1.54, 1.807) is 15.3 Å². The molecule has 0 aliphatic heterocycles. The van der Waals surface area contributed by atoms with Crippen LogP contribution in [0.2, 0.25) is 0 Å². The van der Waals surface area contributed by atoms with E-state index in [-0.39, 0.29) is 52.3 Å². The number of amides is 1. The molecule has 0 radical (unpaired) electrons. The molecule has 42 heavy (non-hydrogen) atoms. The topological polar surface area (TPSA) is 129 Å². The average molecular weight is 578 g/mol. The minimum Gasteiger partial charge on any atom is -0.480 e. The number of benzene rings is 2. The van der Waals surface area contributed by atoms with Crippen molar-refractivity contribution in [2.24, 2.45) is 0 Å². The van der Waals surface area contributed by atoms with Gasteiger partial charge in [0.1, 0.15) is 23.5 Å². The lowest BCUT2D eigenvalue weighted by atomic mass is 9.85. The summed E-state index contributed by atoms with van der Waals surface area (Å²) in [6.07, 6.45) is -0.0521. The Morgan fingerprint density at radius 2 is 1.86 bits per heavy atom. The summed E-state index contributed by atoms with van der Waals surface area (Å²) in [7, 11) is 1.37. The van der Waals surface area contributed by atoms with Gasteiger partial charge in [-0.05, 0) is 43.7 Å². The number of carbonyl (C=O) groups is 1. The number of halogens is 2. The third kappa shape index (κ3) is 5.14.